The first kappa shape index (κ1) is 14.3. The monoisotopic (exact) mass is 306 g/mol. The number of carbonyl (C=O) groups is 1. The van der Waals surface area contributed by atoms with Gasteiger partial charge in [-0.15, -0.1) is 0 Å². The van der Waals surface area contributed by atoms with Gasteiger partial charge in [0.25, 0.3) is 0 Å². The maximum atomic E-state index is 13.6. The van der Waals surface area contributed by atoms with E-state index in [0.29, 0.717) is 0 Å². The molecule has 1 aromatic rings. The predicted octanol–water partition coefficient (Wildman–Crippen LogP) is 3.32. The number of hydrogen-bond acceptors (Lipinski definition) is 2. The quantitative estimate of drug-likeness (QED) is 0.672. The average molecular weight is 307 g/mol. The maximum absolute atomic E-state index is 13.6. The summed E-state index contributed by atoms with van der Waals surface area (Å²) in [5, 5.41) is 9.75. The molecule has 1 N–H and O–H groups in total. The fourth-order valence-electron chi connectivity index (χ4n) is 1.28. The lowest BCUT2D eigenvalue weighted by atomic mass is 9.84. The Labute approximate surface area is 107 Å². The Morgan fingerprint density at radius 3 is 2.35 bits per heavy atom. The Morgan fingerprint density at radius 1 is 1.35 bits per heavy atom. The molecule has 1 unspecified atom stereocenters. The molecule has 0 amide bonds. The Balaban J connectivity index is 3.26. The molecule has 0 heterocycles. The molecule has 2 nitrogen and oxygen atoms in total. The van der Waals surface area contributed by atoms with Crippen molar-refractivity contribution in [1.29, 1.82) is 0 Å². The van der Waals surface area contributed by atoms with E-state index < -0.39 is 34.5 Å². The normalized spacial score (nSPS) is 13.6. The zero-order valence-electron chi connectivity index (χ0n) is 9.72. The van der Waals surface area contributed by atoms with Crippen LogP contribution in [-0.2, 0) is 0 Å². The standard InChI is InChI=1S/C12H13BrF2O2/c1-12(2,3)11(17)10(16)8-7(14)5-4-6(13)9(8)15/h4-5,11,17H,1-3H3. The third-order valence-corrected chi connectivity index (χ3v) is 2.97. The Bertz CT molecular complexity index is 453. The van der Waals surface area contributed by atoms with Gasteiger partial charge in [-0.3, -0.25) is 4.79 Å². The van der Waals surface area contributed by atoms with E-state index in [2.05, 4.69) is 15.9 Å². The van der Waals surface area contributed by atoms with Gasteiger partial charge in [0.1, 0.15) is 11.9 Å². The summed E-state index contributed by atoms with van der Waals surface area (Å²) >= 11 is 2.87. The highest BCUT2D eigenvalue weighted by atomic mass is 79.9. The highest BCUT2D eigenvalue weighted by Gasteiger charge is 2.33. The van der Waals surface area contributed by atoms with Crippen LogP contribution in [-0.4, -0.2) is 17.0 Å². The van der Waals surface area contributed by atoms with Crippen molar-refractivity contribution >= 4 is 21.7 Å². The smallest absolute Gasteiger partial charge is 0.197 e. The van der Waals surface area contributed by atoms with Crippen molar-refractivity contribution in [2.45, 2.75) is 26.9 Å². The molecule has 1 atom stereocenters. The second-order valence-corrected chi connectivity index (χ2v) is 5.71. The van der Waals surface area contributed by atoms with Gasteiger partial charge >= 0.3 is 0 Å². The number of ketones is 1. The Morgan fingerprint density at radius 2 is 1.88 bits per heavy atom. The van der Waals surface area contributed by atoms with Crippen molar-refractivity contribution in [2.75, 3.05) is 0 Å². The molecule has 0 spiro atoms. The molecule has 0 bridgehead atoms. The van der Waals surface area contributed by atoms with Gasteiger partial charge < -0.3 is 5.11 Å². The van der Waals surface area contributed by atoms with E-state index in [9.17, 15) is 18.7 Å². The highest BCUT2D eigenvalue weighted by Crippen LogP contribution is 2.27. The fourth-order valence-corrected chi connectivity index (χ4v) is 1.61. The summed E-state index contributed by atoms with van der Waals surface area (Å²) in [5.74, 6) is -2.91. The minimum absolute atomic E-state index is 0.0108. The zero-order chi connectivity index (χ0) is 13.4. The van der Waals surface area contributed by atoms with Crippen LogP contribution < -0.4 is 0 Å². The van der Waals surface area contributed by atoms with Gasteiger partial charge in [0.2, 0.25) is 0 Å². The molecule has 0 aromatic heterocycles. The molecule has 17 heavy (non-hydrogen) atoms. The Kier molecular flexibility index (Phi) is 4.04. The van der Waals surface area contributed by atoms with Gasteiger partial charge in [-0.25, -0.2) is 8.78 Å². The number of aliphatic hydroxyl groups is 1. The van der Waals surface area contributed by atoms with E-state index in [4.69, 9.17) is 0 Å². The number of carbonyl (C=O) groups excluding carboxylic acids is 1. The molecule has 5 heteroatoms. The van der Waals surface area contributed by atoms with Crippen molar-refractivity contribution in [3.8, 4) is 0 Å². The number of rotatable bonds is 2. The van der Waals surface area contributed by atoms with Gasteiger partial charge in [0.15, 0.2) is 11.6 Å². The summed E-state index contributed by atoms with van der Waals surface area (Å²) in [6, 6.07) is 2.15. The number of halogens is 3. The van der Waals surface area contributed by atoms with Crippen LogP contribution in [0.4, 0.5) is 8.78 Å². The van der Waals surface area contributed by atoms with Crippen molar-refractivity contribution < 1.29 is 18.7 Å². The summed E-state index contributed by atoms with van der Waals surface area (Å²) in [6.07, 6.45) is -1.46. The van der Waals surface area contributed by atoms with Crippen LogP contribution in [0.5, 0.6) is 0 Å². The number of hydrogen-bond donors (Lipinski definition) is 1. The van der Waals surface area contributed by atoms with Crippen LogP contribution in [0, 0.1) is 17.0 Å². The largest absolute Gasteiger partial charge is 0.384 e. The van der Waals surface area contributed by atoms with Crippen molar-refractivity contribution in [1.82, 2.24) is 0 Å². The molecule has 0 fully saturated rings. The van der Waals surface area contributed by atoms with Crippen LogP contribution in [0.15, 0.2) is 16.6 Å². The van der Waals surface area contributed by atoms with E-state index in [0.717, 1.165) is 6.07 Å². The topological polar surface area (TPSA) is 37.3 Å². The molecular weight excluding hydrogens is 294 g/mol. The molecule has 1 rings (SSSR count). The van der Waals surface area contributed by atoms with Crippen LogP contribution >= 0.6 is 15.9 Å². The summed E-state index contributed by atoms with van der Waals surface area (Å²) < 4.78 is 27.1. The zero-order valence-corrected chi connectivity index (χ0v) is 11.3. The first-order valence-corrected chi connectivity index (χ1v) is 5.81. The van der Waals surface area contributed by atoms with Gasteiger partial charge in [-0.2, -0.15) is 0 Å². The second-order valence-electron chi connectivity index (χ2n) is 4.85. The summed E-state index contributed by atoms with van der Waals surface area (Å²) in [4.78, 5) is 11.8. The number of benzene rings is 1. The predicted molar refractivity (Wildman–Crippen MR) is 63.9 cm³/mol. The lowest BCUT2D eigenvalue weighted by Crippen LogP contribution is -2.35. The second kappa shape index (κ2) is 4.82. The SMILES string of the molecule is CC(C)(C)C(O)C(=O)c1c(F)ccc(Br)c1F. The van der Waals surface area contributed by atoms with Crippen LogP contribution in [0.1, 0.15) is 31.1 Å². The van der Waals surface area contributed by atoms with Crippen molar-refractivity contribution in [3.63, 3.8) is 0 Å². The van der Waals surface area contributed by atoms with E-state index in [1.807, 2.05) is 0 Å². The first-order chi connectivity index (χ1) is 7.66. The van der Waals surface area contributed by atoms with Gasteiger partial charge in [-0.05, 0) is 33.5 Å². The van der Waals surface area contributed by atoms with Gasteiger partial charge in [0, 0.05) is 0 Å². The summed E-state index contributed by atoms with van der Waals surface area (Å²) in [6.45, 7) is 4.84. The number of Topliss-reactive ketones (excluding diaryl/α,β-unsaturated/α-hetero) is 1. The Hall–Kier alpha value is -0.810. The van der Waals surface area contributed by atoms with Crippen molar-refractivity contribution in [2.24, 2.45) is 5.41 Å². The van der Waals surface area contributed by atoms with E-state index in [1.165, 1.54) is 6.07 Å². The maximum Gasteiger partial charge on any atom is 0.197 e. The highest BCUT2D eigenvalue weighted by molar-refractivity contribution is 9.10. The van der Waals surface area contributed by atoms with Crippen LogP contribution in [0.2, 0.25) is 0 Å². The molecule has 0 aliphatic carbocycles. The lowest BCUT2D eigenvalue weighted by molar-refractivity contribution is 0.0434. The molecule has 0 saturated carbocycles. The summed E-state index contributed by atoms with van der Waals surface area (Å²) in [5.41, 5.74) is -1.49. The van der Waals surface area contributed by atoms with E-state index >= 15 is 0 Å². The van der Waals surface area contributed by atoms with E-state index in [-0.39, 0.29) is 4.47 Å². The van der Waals surface area contributed by atoms with E-state index in [1.54, 1.807) is 20.8 Å². The van der Waals surface area contributed by atoms with Crippen LogP contribution in [0.25, 0.3) is 0 Å². The third-order valence-electron chi connectivity index (χ3n) is 2.36. The number of aliphatic hydroxyl groups excluding tert-OH is 1. The molecule has 94 valence electrons. The fraction of sp³-hybridized carbons (Fsp3) is 0.417. The first-order valence-electron chi connectivity index (χ1n) is 5.02. The van der Waals surface area contributed by atoms with Gasteiger partial charge in [0.05, 0.1) is 10.0 Å². The van der Waals surface area contributed by atoms with Crippen LogP contribution in [0.3, 0.4) is 0 Å². The minimum Gasteiger partial charge on any atom is -0.384 e. The minimum atomic E-state index is -1.46. The third kappa shape index (κ3) is 2.90. The van der Waals surface area contributed by atoms with Gasteiger partial charge in [-0.1, -0.05) is 20.8 Å². The lowest BCUT2D eigenvalue weighted by Gasteiger charge is -2.24. The molecular formula is C12H13BrF2O2. The summed E-state index contributed by atoms with van der Waals surface area (Å²) in [7, 11) is 0. The molecule has 1 aromatic carbocycles. The molecule has 0 radical (unpaired) electrons. The average Bonchev–Trinajstić information content (AvgIpc) is 2.21. The molecule has 0 aliphatic rings. The van der Waals surface area contributed by atoms with Crippen molar-refractivity contribution in [3.05, 3.63) is 33.8 Å². The molecule has 0 saturated heterocycles. The molecule has 0 aliphatic heterocycles.